The van der Waals surface area contributed by atoms with Gasteiger partial charge in [-0.25, -0.2) is 9.78 Å². The number of aliphatic hydroxyl groups is 1. The van der Waals surface area contributed by atoms with E-state index in [2.05, 4.69) is 9.72 Å². The van der Waals surface area contributed by atoms with Crippen molar-refractivity contribution in [3.8, 4) is 5.88 Å². The zero-order valence-corrected chi connectivity index (χ0v) is 6.88. The first-order valence-corrected chi connectivity index (χ1v) is 3.75. The average Bonchev–Trinajstić information content (AvgIpc) is 2.18. The van der Waals surface area contributed by atoms with E-state index in [0.29, 0.717) is 0 Å². The maximum Gasteiger partial charge on any atom is 0.343 e. The fraction of sp³-hybridized carbons (Fsp3) is 0.250. The topological polar surface area (TPSA) is 85.4 Å². The van der Waals surface area contributed by atoms with Gasteiger partial charge in [-0.2, -0.15) is 0 Å². The van der Waals surface area contributed by atoms with E-state index in [1.54, 1.807) is 12.1 Å². The Morgan fingerprint density at radius 3 is 3.00 bits per heavy atom. The third-order valence-corrected chi connectivity index (χ3v) is 1.34. The van der Waals surface area contributed by atoms with Crippen molar-refractivity contribution >= 4 is 5.97 Å². The van der Waals surface area contributed by atoms with Crippen molar-refractivity contribution in [1.29, 1.82) is 0 Å². The lowest BCUT2D eigenvalue weighted by atomic mass is 10.4. The van der Waals surface area contributed by atoms with Crippen LogP contribution in [0.4, 0.5) is 0 Å². The van der Waals surface area contributed by atoms with Gasteiger partial charge in [0.2, 0.25) is 5.88 Å². The zero-order chi connectivity index (χ0) is 9.68. The molecule has 0 aliphatic heterocycles. The number of nitrogens with two attached hydrogens (primary N) is 1. The molecule has 5 heteroatoms. The Balaban J connectivity index is 2.55. The van der Waals surface area contributed by atoms with Crippen LogP contribution in [-0.2, 0) is 4.79 Å². The molecule has 0 radical (unpaired) electrons. The molecule has 0 spiro atoms. The van der Waals surface area contributed by atoms with Crippen LogP contribution in [0.2, 0.25) is 0 Å². The van der Waals surface area contributed by atoms with Gasteiger partial charge in [-0.05, 0) is 6.07 Å². The molecule has 1 aromatic rings. The van der Waals surface area contributed by atoms with Gasteiger partial charge in [0, 0.05) is 18.8 Å². The van der Waals surface area contributed by atoms with Gasteiger partial charge in [0.05, 0.1) is 0 Å². The molecular weight excluding hydrogens is 172 g/mol. The summed E-state index contributed by atoms with van der Waals surface area (Å²) in [4.78, 5) is 14.7. The summed E-state index contributed by atoms with van der Waals surface area (Å²) in [5.41, 5.74) is 5.06. The molecule has 0 aliphatic carbocycles. The number of rotatable bonds is 3. The number of carbonyl (C=O) groups is 1. The molecule has 0 aliphatic rings. The summed E-state index contributed by atoms with van der Waals surface area (Å²) in [5.74, 6) is -0.638. The number of aromatic nitrogens is 1. The van der Waals surface area contributed by atoms with Gasteiger partial charge in [0.15, 0.2) is 6.10 Å². The highest BCUT2D eigenvalue weighted by molar-refractivity contribution is 5.76. The Kier molecular flexibility index (Phi) is 3.36. The number of ether oxygens (including phenoxy) is 1. The van der Waals surface area contributed by atoms with Crippen molar-refractivity contribution in [2.45, 2.75) is 6.10 Å². The average molecular weight is 182 g/mol. The molecule has 70 valence electrons. The summed E-state index contributed by atoms with van der Waals surface area (Å²) < 4.78 is 4.69. The quantitative estimate of drug-likeness (QED) is 0.604. The standard InChI is InChI=1S/C8H10N2O3/c9-5-6(11)8(12)13-7-3-1-2-4-10-7/h1-4,6,11H,5,9H2. The second kappa shape index (κ2) is 4.54. The molecular formula is C8H10N2O3. The Morgan fingerprint density at radius 2 is 2.46 bits per heavy atom. The highest BCUT2D eigenvalue weighted by Crippen LogP contribution is 2.03. The predicted octanol–water partition coefficient (Wildman–Crippen LogP) is -0.693. The lowest BCUT2D eigenvalue weighted by Crippen LogP contribution is -2.32. The van der Waals surface area contributed by atoms with Gasteiger partial charge < -0.3 is 15.6 Å². The third kappa shape index (κ3) is 2.81. The van der Waals surface area contributed by atoms with E-state index in [4.69, 9.17) is 10.8 Å². The maximum atomic E-state index is 11.0. The van der Waals surface area contributed by atoms with Crippen LogP contribution in [0.25, 0.3) is 0 Å². The Bertz CT molecular complexity index is 276. The van der Waals surface area contributed by atoms with Crippen molar-refractivity contribution in [1.82, 2.24) is 4.98 Å². The summed E-state index contributed by atoms with van der Waals surface area (Å²) in [6.45, 7) is -0.161. The Labute approximate surface area is 75.2 Å². The number of nitrogens with zero attached hydrogens (tertiary/aromatic N) is 1. The van der Waals surface area contributed by atoms with Gasteiger partial charge in [-0.1, -0.05) is 6.07 Å². The lowest BCUT2D eigenvalue weighted by Gasteiger charge is -2.06. The highest BCUT2D eigenvalue weighted by atomic mass is 16.6. The summed E-state index contributed by atoms with van der Waals surface area (Å²) >= 11 is 0. The van der Waals surface area contributed by atoms with E-state index in [9.17, 15) is 4.79 Å². The molecule has 0 bridgehead atoms. The predicted molar refractivity (Wildman–Crippen MR) is 44.9 cm³/mol. The SMILES string of the molecule is NCC(O)C(=O)Oc1ccccn1. The molecule has 1 unspecified atom stereocenters. The second-order valence-corrected chi connectivity index (χ2v) is 2.34. The van der Waals surface area contributed by atoms with E-state index >= 15 is 0 Å². The molecule has 0 saturated heterocycles. The minimum absolute atomic E-state index is 0.153. The Morgan fingerprint density at radius 1 is 1.69 bits per heavy atom. The second-order valence-electron chi connectivity index (χ2n) is 2.34. The van der Waals surface area contributed by atoms with Gasteiger partial charge in [-0.3, -0.25) is 0 Å². The molecule has 0 fully saturated rings. The van der Waals surface area contributed by atoms with Crippen LogP contribution in [-0.4, -0.2) is 28.7 Å². The van der Waals surface area contributed by atoms with E-state index in [1.165, 1.54) is 12.3 Å². The lowest BCUT2D eigenvalue weighted by molar-refractivity contribution is -0.143. The number of hydrogen-bond donors (Lipinski definition) is 2. The largest absolute Gasteiger partial charge is 0.406 e. The molecule has 1 atom stereocenters. The Hall–Kier alpha value is -1.46. The molecule has 5 nitrogen and oxygen atoms in total. The van der Waals surface area contributed by atoms with Crippen molar-refractivity contribution in [2.75, 3.05) is 6.54 Å². The minimum Gasteiger partial charge on any atom is -0.406 e. The number of carbonyl (C=O) groups excluding carboxylic acids is 1. The van der Waals surface area contributed by atoms with Gasteiger partial charge in [-0.15, -0.1) is 0 Å². The van der Waals surface area contributed by atoms with Crippen LogP contribution in [0, 0.1) is 0 Å². The molecule has 1 rings (SSSR count). The van der Waals surface area contributed by atoms with Crippen LogP contribution in [0.3, 0.4) is 0 Å². The summed E-state index contributed by atoms with van der Waals surface area (Å²) in [6.07, 6.45) is 0.194. The summed E-state index contributed by atoms with van der Waals surface area (Å²) in [7, 11) is 0. The maximum absolute atomic E-state index is 11.0. The van der Waals surface area contributed by atoms with Gasteiger partial charge in [0.25, 0.3) is 0 Å². The van der Waals surface area contributed by atoms with Gasteiger partial charge >= 0.3 is 5.97 Å². The minimum atomic E-state index is -1.29. The van der Waals surface area contributed by atoms with Crippen molar-refractivity contribution in [2.24, 2.45) is 5.73 Å². The normalized spacial score (nSPS) is 12.2. The number of aliphatic hydroxyl groups excluding tert-OH is 1. The van der Waals surface area contributed by atoms with Crippen molar-refractivity contribution in [3.63, 3.8) is 0 Å². The molecule has 1 aromatic heterocycles. The number of esters is 1. The zero-order valence-electron chi connectivity index (χ0n) is 6.88. The molecule has 0 saturated carbocycles. The molecule has 0 aromatic carbocycles. The van der Waals surface area contributed by atoms with Crippen LogP contribution in [0.1, 0.15) is 0 Å². The van der Waals surface area contributed by atoms with E-state index < -0.39 is 12.1 Å². The first-order chi connectivity index (χ1) is 6.24. The number of hydrogen-bond acceptors (Lipinski definition) is 5. The first kappa shape index (κ1) is 9.63. The fourth-order valence-corrected chi connectivity index (χ4v) is 0.675. The monoisotopic (exact) mass is 182 g/mol. The van der Waals surface area contributed by atoms with Crippen LogP contribution in [0.15, 0.2) is 24.4 Å². The smallest absolute Gasteiger partial charge is 0.343 e. The van der Waals surface area contributed by atoms with Crippen LogP contribution in [0.5, 0.6) is 5.88 Å². The third-order valence-electron chi connectivity index (χ3n) is 1.34. The van der Waals surface area contributed by atoms with E-state index in [0.717, 1.165) is 0 Å². The summed E-state index contributed by atoms with van der Waals surface area (Å²) in [5, 5.41) is 8.96. The number of pyridine rings is 1. The van der Waals surface area contributed by atoms with Gasteiger partial charge in [0.1, 0.15) is 0 Å². The van der Waals surface area contributed by atoms with Crippen molar-refractivity contribution < 1.29 is 14.6 Å². The van der Waals surface area contributed by atoms with Crippen LogP contribution >= 0.6 is 0 Å². The first-order valence-electron chi connectivity index (χ1n) is 3.75. The van der Waals surface area contributed by atoms with Crippen LogP contribution < -0.4 is 10.5 Å². The highest BCUT2D eigenvalue weighted by Gasteiger charge is 2.15. The molecule has 0 amide bonds. The molecule has 13 heavy (non-hydrogen) atoms. The molecule has 3 N–H and O–H groups in total. The fourth-order valence-electron chi connectivity index (χ4n) is 0.675. The van der Waals surface area contributed by atoms with Crippen molar-refractivity contribution in [3.05, 3.63) is 24.4 Å². The van der Waals surface area contributed by atoms with E-state index in [-0.39, 0.29) is 12.4 Å². The molecule has 1 heterocycles. The van der Waals surface area contributed by atoms with E-state index in [1.807, 2.05) is 0 Å². The summed E-state index contributed by atoms with van der Waals surface area (Å²) in [6, 6.07) is 4.88.